The number of aromatic nitrogens is 3. The van der Waals surface area contributed by atoms with Crippen molar-refractivity contribution in [2.24, 2.45) is 0 Å². The molecule has 1 aliphatic carbocycles. The molecule has 3 aromatic heterocycles. The summed E-state index contributed by atoms with van der Waals surface area (Å²) < 4.78 is 7.87. The fraction of sp³-hybridized carbons (Fsp3) is 0.636. The van der Waals surface area contributed by atoms with Crippen molar-refractivity contribution in [1.82, 2.24) is 13.7 Å². The van der Waals surface area contributed by atoms with E-state index in [9.17, 15) is 0 Å². The SMILES string of the molecule is Cc1cn2c(c1C(C)CC1CCn3c1cc(C)c3C(C)CC1CCc3c1cc(C)n3C(C)C)CCC2. The Bertz CT molecular complexity index is 1280. The van der Waals surface area contributed by atoms with Gasteiger partial charge in [-0.3, -0.25) is 0 Å². The second-order valence-electron chi connectivity index (χ2n) is 12.9. The average Bonchev–Trinajstić information content (AvgIpc) is 3.61. The summed E-state index contributed by atoms with van der Waals surface area (Å²) >= 11 is 0. The van der Waals surface area contributed by atoms with Gasteiger partial charge in [0.25, 0.3) is 0 Å². The lowest BCUT2D eigenvalue weighted by atomic mass is 9.85. The maximum Gasteiger partial charge on any atom is 0.0279 e. The van der Waals surface area contributed by atoms with Gasteiger partial charge in [-0.2, -0.15) is 0 Å². The molecule has 0 saturated carbocycles. The lowest BCUT2D eigenvalue weighted by Crippen LogP contribution is -2.08. The molecule has 3 nitrogen and oxygen atoms in total. The molecule has 36 heavy (non-hydrogen) atoms. The van der Waals surface area contributed by atoms with Gasteiger partial charge in [-0.15, -0.1) is 0 Å². The minimum atomic E-state index is 0.567. The first kappa shape index (κ1) is 24.2. The summed E-state index contributed by atoms with van der Waals surface area (Å²) in [5, 5.41) is 0. The molecule has 0 amide bonds. The Labute approximate surface area is 218 Å². The highest BCUT2D eigenvalue weighted by atomic mass is 15.0. The van der Waals surface area contributed by atoms with Gasteiger partial charge in [-0.05, 0) is 132 Å². The summed E-state index contributed by atoms with van der Waals surface area (Å²) in [6, 6.07) is 5.64. The number of hydrogen-bond acceptors (Lipinski definition) is 0. The maximum atomic E-state index is 2.74. The lowest BCUT2D eigenvalue weighted by molar-refractivity contribution is 0.518. The Morgan fingerprint density at radius 1 is 0.833 bits per heavy atom. The van der Waals surface area contributed by atoms with Crippen LogP contribution >= 0.6 is 0 Å². The van der Waals surface area contributed by atoms with E-state index < -0.39 is 0 Å². The molecular formula is C33H47N3. The van der Waals surface area contributed by atoms with Gasteiger partial charge >= 0.3 is 0 Å². The summed E-state index contributed by atoms with van der Waals surface area (Å²) in [6.45, 7) is 19.1. The van der Waals surface area contributed by atoms with E-state index in [1.165, 1.54) is 74.9 Å². The fourth-order valence-corrected chi connectivity index (χ4v) is 8.83. The Balaban J connectivity index is 1.20. The third kappa shape index (κ3) is 3.75. The number of hydrogen-bond donors (Lipinski definition) is 0. The van der Waals surface area contributed by atoms with E-state index in [0.29, 0.717) is 23.8 Å². The van der Waals surface area contributed by atoms with Crippen molar-refractivity contribution >= 4 is 0 Å². The number of fused-ring (bicyclic) bond motifs is 3. The average molecular weight is 486 g/mol. The monoisotopic (exact) mass is 485 g/mol. The van der Waals surface area contributed by atoms with Gasteiger partial charge in [0.05, 0.1) is 0 Å². The van der Waals surface area contributed by atoms with Crippen LogP contribution in [0.3, 0.4) is 0 Å². The lowest BCUT2D eigenvalue weighted by Gasteiger charge is -2.20. The molecule has 194 valence electrons. The third-order valence-corrected chi connectivity index (χ3v) is 10.0. The number of rotatable bonds is 7. The molecule has 4 unspecified atom stereocenters. The quantitative estimate of drug-likeness (QED) is 0.319. The van der Waals surface area contributed by atoms with Gasteiger partial charge in [0.15, 0.2) is 0 Å². The summed E-state index contributed by atoms with van der Waals surface area (Å²) in [5.74, 6) is 2.69. The minimum absolute atomic E-state index is 0.567. The first-order valence-corrected chi connectivity index (χ1v) is 14.8. The predicted octanol–water partition coefficient (Wildman–Crippen LogP) is 8.45. The smallest absolute Gasteiger partial charge is 0.0279 e. The van der Waals surface area contributed by atoms with Gasteiger partial charge in [0.1, 0.15) is 0 Å². The van der Waals surface area contributed by atoms with Crippen LogP contribution in [0, 0.1) is 20.8 Å². The Morgan fingerprint density at radius 3 is 2.39 bits per heavy atom. The largest absolute Gasteiger partial charge is 0.351 e. The standard InChI is InChI=1S/C33H47N3/c1-20(2)36-25(7)18-28-26(10-11-29(28)36)16-22(4)33-23(5)17-31-27(12-14-35(31)33)15-21(3)32-24(6)19-34-13-8-9-30(32)34/h17-22,26-27H,8-16H2,1-7H3. The van der Waals surface area contributed by atoms with Crippen molar-refractivity contribution in [3.8, 4) is 0 Å². The summed E-state index contributed by atoms with van der Waals surface area (Å²) in [7, 11) is 0. The van der Waals surface area contributed by atoms with Crippen LogP contribution < -0.4 is 0 Å². The summed E-state index contributed by atoms with van der Waals surface area (Å²) in [4.78, 5) is 0. The summed E-state index contributed by atoms with van der Waals surface area (Å²) in [6.07, 6.45) is 11.5. The fourth-order valence-electron chi connectivity index (χ4n) is 8.83. The molecule has 5 heterocycles. The van der Waals surface area contributed by atoms with Crippen molar-refractivity contribution in [3.63, 3.8) is 0 Å². The zero-order chi connectivity index (χ0) is 25.3. The predicted molar refractivity (Wildman–Crippen MR) is 151 cm³/mol. The molecule has 4 atom stereocenters. The molecule has 3 heteroatoms. The first-order chi connectivity index (χ1) is 17.2. The molecule has 0 saturated heterocycles. The van der Waals surface area contributed by atoms with Gasteiger partial charge in [0, 0.05) is 59.7 Å². The molecule has 3 aliphatic rings. The Hall–Kier alpha value is -2.16. The Kier molecular flexibility index (Phi) is 6.04. The normalized spacial score (nSPS) is 22.3. The van der Waals surface area contributed by atoms with Crippen LogP contribution in [0.25, 0.3) is 0 Å². The van der Waals surface area contributed by atoms with Crippen molar-refractivity contribution in [3.05, 3.63) is 69.1 Å². The third-order valence-electron chi connectivity index (χ3n) is 10.0. The molecule has 3 aromatic rings. The van der Waals surface area contributed by atoms with Crippen LogP contribution in [0.2, 0.25) is 0 Å². The van der Waals surface area contributed by atoms with Gasteiger partial charge in [-0.25, -0.2) is 0 Å². The second-order valence-corrected chi connectivity index (χ2v) is 12.9. The van der Waals surface area contributed by atoms with Crippen LogP contribution in [0.1, 0.15) is 140 Å². The maximum absolute atomic E-state index is 2.74. The second kappa shape index (κ2) is 8.99. The van der Waals surface area contributed by atoms with Gasteiger partial charge in [0.2, 0.25) is 0 Å². The van der Waals surface area contributed by atoms with Crippen LogP contribution in [0.4, 0.5) is 0 Å². The van der Waals surface area contributed by atoms with E-state index in [-0.39, 0.29) is 0 Å². The Morgan fingerprint density at radius 2 is 1.61 bits per heavy atom. The molecule has 0 fully saturated rings. The van der Waals surface area contributed by atoms with Crippen molar-refractivity contribution in [2.45, 2.75) is 136 Å². The summed E-state index contributed by atoms with van der Waals surface area (Å²) in [5.41, 5.74) is 14.4. The molecule has 0 bridgehead atoms. The first-order valence-electron chi connectivity index (χ1n) is 14.8. The highest BCUT2D eigenvalue weighted by Crippen LogP contribution is 2.46. The van der Waals surface area contributed by atoms with Crippen molar-refractivity contribution in [1.29, 1.82) is 0 Å². The topological polar surface area (TPSA) is 14.8 Å². The molecule has 0 radical (unpaired) electrons. The molecule has 0 aromatic carbocycles. The molecular weight excluding hydrogens is 438 g/mol. The van der Waals surface area contributed by atoms with Crippen LogP contribution in [-0.4, -0.2) is 13.7 Å². The van der Waals surface area contributed by atoms with E-state index in [1.54, 1.807) is 33.9 Å². The van der Waals surface area contributed by atoms with Crippen molar-refractivity contribution in [2.75, 3.05) is 0 Å². The van der Waals surface area contributed by atoms with Crippen LogP contribution in [0.5, 0.6) is 0 Å². The van der Waals surface area contributed by atoms with E-state index in [4.69, 9.17) is 0 Å². The molecule has 6 rings (SSSR count). The zero-order valence-electron chi connectivity index (χ0n) is 23.8. The van der Waals surface area contributed by atoms with Crippen LogP contribution in [-0.2, 0) is 25.9 Å². The zero-order valence-corrected chi connectivity index (χ0v) is 23.8. The molecule has 0 N–H and O–H groups in total. The molecule has 0 spiro atoms. The number of nitrogens with zero attached hydrogens (tertiary/aromatic N) is 3. The molecule has 2 aliphatic heterocycles. The number of aryl methyl sites for hydroxylation is 4. The highest BCUT2D eigenvalue weighted by molar-refractivity contribution is 5.39. The highest BCUT2D eigenvalue weighted by Gasteiger charge is 2.34. The van der Waals surface area contributed by atoms with Gasteiger partial charge in [-0.1, -0.05) is 13.8 Å². The van der Waals surface area contributed by atoms with E-state index in [1.807, 2.05) is 0 Å². The van der Waals surface area contributed by atoms with E-state index in [2.05, 4.69) is 80.5 Å². The van der Waals surface area contributed by atoms with Crippen LogP contribution in [0.15, 0.2) is 18.3 Å². The van der Waals surface area contributed by atoms with Crippen molar-refractivity contribution < 1.29 is 0 Å². The van der Waals surface area contributed by atoms with E-state index >= 15 is 0 Å². The van der Waals surface area contributed by atoms with E-state index in [0.717, 1.165) is 5.92 Å². The van der Waals surface area contributed by atoms with Gasteiger partial charge < -0.3 is 13.7 Å². The minimum Gasteiger partial charge on any atom is -0.351 e.